The fourth-order valence-electron chi connectivity index (χ4n) is 5.03. The molecule has 1 aliphatic heterocycles. The molecular formula is C26H37N9O. The topological polar surface area (TPSA) is 121 Å². The molecular weight excluding hydrogens is 454 g/mol. The summed E-state index contributed by atoms with van der Waals surface area (Å²) >= 11 is 0. The lowest BCUT2D eigenvalue weighted by Gasteiger charge is -2.34. The van der Waals surface area contributed by atoms with Crippen LogP contribution in [0.15, 0.2) is 18.5 Å². The summed E-state index contributed by atoms with van der Waals surface area (Å²) in [6.07, 6.45) is 7.27. The van der Waals surface area contributed by atoms with Gasteiger partial charge in [0.25, 0.3) is 0 Å². The van der Waals surface area contributed by atoms with Crippen molar-refractivity contribution in [2.45, 2.75) is 72.0 Å². The number of anilines is 2. The van der Waals surface area contributed by atoms with Gasteiger partial charge in [0.2, 0.25) is 0 Å². The number of pyridine rings is 1. The molecule has 0 spiro atoms. The van der Waals surface area contributed by atoms with Crippen LogP contribution in [0.2, 0.25) is 0 Å². The maximum atomic E-state index is 8.58. The minimum Gasteiger partial charge on any atom is -0.377 e. The molecule has 2 fully saturated rings. The molecule has 192 valence electrons. The van der Waals surface area contributed by atoms with Gasteiger partial charge in [0.1, 0.15) is 22.9 Å². The van der Waals surface area contributed by atoms with E-state index in [2.05, 4.69) is 34.7 Å². The Morgan fingerprint density at radius 2 is 2.03 bits per heavy atom. The second kappa shape index (κ2) is 9.65. The smallest absolute Gasteiger partial charge is 0.173 e. The first-order valence-corrected chi connectivity index (χ1v) is 13.0. The summed E-state index contributed by atoms with van der Waals surface area (Å²) in [6.45, 7) is 12.3. The average Bonchev–Trinajstić information content (AvgIpc) is 3.56. The fraction of sp³-hybridized carbons (Fsp3) is 0.577. The summed E-state index contributed by atoms with van der Waals surface area (Å²) in [5.41, 5.74) is 2.67. The second-order valence-electron chi connectivity index (χ2n) is 10.6. The van der Waals surface area contributed by atoms with Crippen molar-refractivity contribution >= 4 is 28.5 Å². The van der Waals surface area contributed by atoms with Crippen LogP contribution in [0.4, 0.5) is 11.6 Å². The Hall–Kier alpha value is -3.27. The van der Waals surface area contributed by atoms with E-state index in [1.54, 1.807) is 17.7 Å². The highest BCUT2D eigenvalue weighted by atomic mass is 16.5. The molecule has 0 bridgehead atoms. The maximum Gasteiger partial charge on any atom is 0.173 e. The summed E-state index contributed by atoms with van der Waals surface area (Å²) in [7, 11) is 0. The number of rotatable bonds is 7. The predicted octanol–water partition coefficient (Wildman–Crippen LogP) is 4.03. The third kappa shape index (κ3) is 4.74. The number of morpholine rings is 1. The van der Waals surface area contributed by atoms with E-state index in [1.807, 2.05) is 20.0 Å². The number of hydrogen-bond donors (Lipinski definition) is 3. The minimum atomic E-state index is 0.103. The van der Waals surface area contributed by atoms with Crippen molar-refractivity contribution in [1.29, 1.82) is 10.8 Å². The lowest BCUT2D eigenvalue weighted by Crippen LogP contribution is -2.44. The third-order valence-electron chi connectivity index (χ3n) is 7.00. The first kappa shape index (κ1) is 24.4. The Morgan fingerprint density at radius 3 is 2.69 bits per heavy atom. The lowest BCUT2D eigenvalue weighted by molar-refractivity contribution is 0.0985. The highest BCUT2D eigenvalue weighted by Crippen LogP contribution is 2.39. The fourth-order valence-corrected chi connectivity index (χ4v) is 5.03. The zero-order chi connectivity index (χ0) is 25.6. The van der Waals surface area contributed by atoms with Crippen molar-refractivity contribution < 1.29 is 4.74 Å². The molecule has 0 radical (unpaired) electrons. The predicted molar refractivity (Wildman–Crippen MR) is 142 cm³/mol. The molecule has 1 unspecified atom stereocenters. The molecule has 1 saturated heterocycles. The van der Waals surface area contributed by atoms with E-state index in [-0.39, 0.29) is 29.4 Å². The number of nitrogens with zero attached hydrogens (tertiary/aromatic N) is 6. The van der Waals surface area contributed by atoms with Crippen LogP contribution in [0.3, 0.4) is 0 Å². The van der Waals surface area contributed by atoms with E-state index in [0.29, 0.717) is 24.7 Å². The van der Waals surface area contributed by atoms with Crippen molar-refractivity contribution in [3.8, 4) is 11.5 Å². The number of nitrogens with one attached hydrogen (secondary N) is 3. The van der Waals surface area contributed by atoms with Crippen molar-refractivity contribution in [2.75, 3.05) is 30.0 Å². The number of ether oxygens (including phenoxy) is 1. The molecule has 4 heterocycles. The van der Waals surface area contributed by atoms with E-state index >= 15 is 0 Å². The number of hydrogen-bond acceptors (Lipinski definition) is 8. The standard InChI is InChI=1S/C26H37N9O/c1-15(2)30-25-24(28)34(18(5)27)13-21(31-25)26-32-20-12-29-23(33-8-9-36-14-17(33)4)11-22(20)35(26)16(3)10-19-6-7-19/h11-13,15-17,19,27-28H,6-10,14H2,1-5H3,(H,30,31)/t16?,17-/m0/s1. The zero-order valence-corrected chi connectivity index (χ0v) is 21.9. The van der Waals surface area contributed by atoms with Gasteiger partial charge < -0.3 is 19.5 Å². The maximum absolute atomic E-state index is 8.58. The van der Waals surface area contributed by atoms with Crippen molar-refractivity contribution in [3.63, 3.8) is 0 Å². The molecule has 5 rings (SSSR count). The van der Waals surface area contributed by atoms with Crippen molar-refractivity contribution in [1.82, 2.24) is 24.1 Å². The van der Waals surface area contributed by atoms with E-state index in [1.165, 1.54) is 12.8 Å². The van der Waals surface area contributed by atoms with Crippen LogP contribution in [0, 0.1) is 16.7 Å². The van der Waals surface area contributed by atoms with Gasteiger partial charge in [-0.25, -0.2) is 15.0 Å². The Balaban J connectivity index is 1.69. The van der Waals surface area contributed by atoms with Gasteiger partial charge in [-0.3, -0.25) is 15.4 Å². The minimum absolute atomic E-state index is 0.103. The van der Waals surface area contributed by atoms with Gasteiger partial charge in [0.15, 0.2) is 17.1 Å². The van der Waals surface area contributed by atoms with Gasteiger partial charge in [0, 0.05) is 30.9 Å². The third-order valence-corrected chi connectivity index (χ3v) is 7.00. The molecule has 3 aromatic rings. The van der Waals surface area contributed by atoms with Gasteiger partial charge in [-0.15, -0.1) is 0 Å². The molecule has 0 amide bonds. The molecule has 2 aliphatic rings. The quantitative estimate of drug-likeness (QED) is 0.339. The first-order chi connectivity index (χ1) is 17.2. The van der Waals surface area contributed by atoms with Gasteiger partial charge >= 0.3 is 0 Å². The lowest BCUT2D eigenvalue weighted by atomic mass is 10.1. The summed E-state index contributed by atoms with van der Waals surface area (Å²) in [4.78, 5) is 16.9. The molecule has 1 aliphatic carbocycles. The van der Waals surface area contributed by atoms with Crippen LogP contribution in [0.5, 0.6) is 0 Å². The molecule has 2 atom stereocenters. The number of aromatic nitrogens is 5. The summed E-state index contributed by atoms with van der Waals surface area (Å²) in [6, 6.07) is 2.74. The van der Waals surface area contributed by atoms with E-state index in [4.69, 9.17) is 30.5 Å². The van der Waals surface area contributed by atoms with Crippen LogP contribution in [-0.2, 0) is 4.74 Å². The highest BCUT2D eigenvalue weighted by Gasteiger charge is 2.28. The molecule has 10 heteroatoms. The zero-order valence-electron chi connectivity index (χ0n) is 21.9. The van der Waals surface area contributed by atoms with E-state index in [0.717, 1.165) is 41.6 Å². The summed E-state index contributed by atoms with van der Waals surface area (Å²) < 4.78 is 9.49. The van der Waals surface area contributed by atoms with Crippen LogP contribution in [-0.4, -0.2) is 61.8 Å². The largest absolute Gasteiger partial charge is 0.377 e. The van der Waals surface area contributed by atoms with E-state index < -0.39 is 0 Å². The van der Waals surface area contributed by atoms with Crippen LogP contribution in [0.1, 0.15) is 59.9 Å². The first-order valence-electron chi connectivity index (χ1n) is 13.0. The number of fused-ring (bicyclic) bond motifs is 1. The summed E-state index contributed by atoms with van der Waals surface area (Å²) in [5.74, 6) is 3.14. The number of imidazole rings is 1. The molecule has 1 saturated carbocycles. The SMILES string of the molecule is CC(=N)n1cc(-c2nc3cnc(N4CCOC[C@@H]4C)cc3n2C(C)CC2CC2)nc(NC(C)C)c1=N. The molecule has 0 aromatic carbocycles. The summed E-state index contributed by atoms with van der Waals surface area (Å²) in [5, 5.41) is 20.1. The molecule has 3 aromatic heterocycles. The van der Waals surface area contributed by atoms with Crippen LogP contribution < -0.4 is 15.7 Å². The van der Waals surface area contributed by atoms with Crippen molar-refractivity contribution in [3.05, 3.63) is 23.9 Å². The van der Waals surface area contributed by atoms with Gasteiger partial charge in [-0.1, -0.05) is 12.8 Å². The Kier molecular flexibility index (Phi) is 6.55. The monoisotopic (exact) mass is 491 g/mol. The van der Waals surface area contributed by atoms with Gasteiger partial charge in [0.05, 0.1) is 31.0 Å². The highest BCUT2D eigenvalue weighted by molar-refractivity contribution is 5.83. The molecule has 3 N–H and O–H groups in total. The van der Waals surface area contributed by atoms with Gasteiger partial charge in [-0.05, 0) is 47.0 Å². The average molecular weight is 492 g/mol. The van der Waals surface area contributed by atoms with Gasteiger partial charge in [-0.2, -0.15) is 0 Å². The van der Waals surface area contributed by atoms with E-state index in [9.17, 15) is 0 Å². The van der Waals surface area contributed by atoms with Crippen LogP contribution >= 0.6 is 0 Å². The van der Waals surface area contributed by atoms with Crippen molar-refractivity contribution in [2.24, 2.45) is 5.92 Å². The van der Waals surface area contributed by atoms with Crippen LogP contribution in [0.25, 0.3) is 22.6 Å². The Morgan fingerprint density at radius 1 is 1.25 bits per heavy atom. The second-order valence-corrected chi connectivity index (χ2v) is 10.6. The molecule has 10 nitrogen and oxygen atoms in total. The Labute approximate surface area is 211 Å². The Bertz CT molecular complexity index is 1340. The normalized spacial score (nSPS) is 19.2. The molecule has 36 heavy (non-hydrogen) atoms.